The Balaban J connectivity index is 2.33. The van der Waals surface area contributed by atoms with Crippen LogP contribution < -0.4 is 9.47 Å². The van der Waals surface area contributed by atoms with E-state index in [0.29, 0.717) is 31.1 Å². The molecule has 0 aliphatic carbocycles. The van der Waals surface area contributed by atoms with Gasteiger partial charge >= 0.3 is 5.97 Å². The van der Waals surface area contributed by atoms with Crippen LogP contribution in [-0.2, 0) is 11.2 Å². The molecule has 1 N–H and O–H groups in total. The molecule has 1 unspecified atom stereocenters. The lowest BCUT2D eigenvalue weighted by molar-refractivity contribution is -0.141. The van der Waals surface area contributed by atoms with Crippen LogP contribution in [-0.4, -0.2) is 24.3 Å². The summed E-state index contributed by atoms with van der Waals surface area (Å²) in [4.78, 5) is 10.9. The van der Waals surface area contributed by atoms with Gasteiger partial charge in [-0.15, -0.1) is 0 Å². The van der Waals surface area contributed by atoms with Crippen molar-refractivity contribution in [3.63, 3.8) is 0 Å². The molecule has 1 aliphatic rings. The highest BCUT2D eigenvalue weighted by Gasteiger charge is 2.21. The Morgan fingerprint density at radius 2 is 2.06 bits per heavy atom. The Labute approximate surface area is 114 Å². The smallest absolute Gasteiger partial charge is 0.306 e. The summed E-state index contributed by atoms with van der Waals surface area (Å²) in [6.45, 7) is 2.90. The molecular formula is C13H15BrO4. The van der Waals surface area contributed by atoms with Gasteiger partial charge in [0.15, 0.2) is 11.5 Å². The number of ether oxygens (including phenoxy) is 2. The van der Waals surface area contributed by atoms with Crippen LogP contribution in [0.3, 0.4) is 0 Å². The van der Waals surface area contributed by atoms with Crippen LogP contribution in [0.2, 0.25) is 0 Å². The molecule has 98 valence electrons. The highest BCUT2D eigenvalue weighted by atomic mass is 79.9. The molecule has 18 heavy (non-hydrogen) atoms. The van der Waals surface area contributed by atoms with Crippen LogP contribution in [0.4, 0.5) is 0 Å². The lowest BCUT2D eigenvalue weighted by Gasteiger charge is -2.15. The number of hydrogen-bond acceptors (Lipinski definition) is 3. The van der Waals surface area contributed by atoms with Gasteiger partial charge in [0, 0.05) is 6.42 Å². The molecular weight excluding hydrogens is 300 g/mol. The number of rotatable bonds is 3. The van der Waals surface area contributed by atoms with Gasteiger partial charge in [0.1, 0.15) is 0 Å². The Hall–Kier alpha value is -1.23. The molecule has 0 saturated heterocycles. The van der Waals surface area contributed by atoms with Crippen molar-refractivity contribution in [2.75, 3.05) is 13.2 Å². The first kappa shape index (κ1) is 13.2. The first-order valence-corrected chi connectivity index (χ1v) is 6.68. The molecule has 1 atom stereocenters. The van der Waals surface area contributed by atoms with E-state index in [2.05, 4.69) is 15.9 Å². The van der Waals surface area contributed by atoms with Crippen LogP contribution in [0, 0.1) is 5.92 Å². The zero-order valence-corrected chi connectivity index (χ0v) is 11.7. The standard InChI is InChI=1S/C13H15BrO4/c1-8(13(15)16)7-9-3-4-10(14)12-11(9)17-5-2-6-18-12/h3-4,8H,2,5-7H2,1H3,(H,15,16). The molecule has 0 amide bonds. The highest BCUT2D eigenvalue weighted by molar-refractivity contribution is 9.10. The van der Waals surface area contributed by atoms with Gasteiger partial charge in [-0.05, 0) is 34.0 Å². The zero-order valence-electron chi connectivity index (χ0n) is 10.1. The van der Waals surface area contributed by atoms with Crippen molar-refractivity contribution in [2.45, 2.75) is 19.8 Å². The van der Waals surface area contributed by atoms with E-state index >= 15 is 0 Å². The predicted molar refractivity (Wildman–Crippen MR) is 70.3 cm³/mol. The molecule has 0 saturated carbocycles. The van der Waals surface area contributed by atoms with Crippen LogP contribution in [0.5, 0.6) is 11.5 Å². The zero-order chi connectivity index (χ0) is 13.1. The van der Waals surface area contributed by atoms with E-state index < -0.39 is 11.9 Å². The molecule has 0 aromatic heterocycles. The molecule has 0 radical (unpaired) electrons. The first-order valence-electron chi connectivity index (χ1n) is 5.89. The van der Waals surface area contributed by atoms with Crippen molar-refractivity contribution < 1.29 is 19.4 Å². The number of aliphatic carboxylic acids is 1. The third-order valence-electron chi connectivity index (χ3n) is 2.87. The Bertz CT molecular complexity index is 459. The van der Waals surface area contributed by atoms with Crippen molar-refractivity contribution in [2.24, 2.45) is 5.92 Å². The maximum Gasteiger partial charge on any atom is 0.306 e. The SMILES string of the molecule is CC(Cc1ccc(Br)c2c1OCCCO2)C(=O)O. The van der Waals surface area contributed by atoms with Gasteiger partial charge in [-0.3, -0.25) is 4.79 Å². The number of fused-ring (bicyclic) bond motifs is 1. The fourth-order valence-electron chi connectivity index (χ4n) is 1.86. The molecule has 1 heterocycles. The van der Waals surface area contributed by atoms with Gasteiger partial charge in [0.05, 0.1) is 23.6 Å². The van der Waals surface area contributed by atoms with Crippen LogP contribution in [0.25, 0.3) is 0 Å². The van der Waals surface area contributed by atoms with Gasteiger partial charge in [-0.25, -0.2) is 0 Å². The highest BCUT2D eigenvalue weighted by Crippen LogP contribution is 2.40. The van der Waals surface area contributed by atoms with Crippen LogP contribution >= 0.6 is 15.9 Å². The number of benzene rings is 1. The van der Waals surface area contributed by atoms with Gasteiger partial charge in [0.25, 0.3) is 0 Å². The van der Waals surface area contributed by atoms with Crippen LogP contribution in [0.1, 0.15) is 18.9 Å². The summed E-state index contributed by atoms with van der Waals surface area (Å²) in [5.74, 6) is 0.112. The summed E-state index contributed by atoms with van der Waals surface area (Å²) in [6.07, 6.45) is 1.27. The largest absolute Gasteiger partial charge is 0.489 e. The minimum Gasteiger partial charge on any atom is -0.489 e. The van der Waals surface area contributed by atoms with Crippen molar-refractivity contribution in [3.8, 4) is 11.5 Å². The van der Waals surface area contributed by atoms with E-state index in [0.717, 1.165) is 16.5 Å². The number of hydrogen-bond donors (Lipinski definition) is 1. The summed E-state index contributed by atoms with van der Waals surface area (Å²) in [5.41, 5.74) is 0.880. The summed E-state index contributed by atoms with van der Waals surface area (Å²) < 4.78 is 12.2. The van der Waals surface area contributed by atoms with Gasteiger partial charge in [0.2, 0.25) is 0 Å². The molecule has 2 rings (SSSR count). The van der Waals surface area contributed by atoms with Gasteiger partial charge in [-0.1, -0.05) is 13.0 Å². The lowest BCUT2D eigenvalue weighted by Crippen LogP contribution is -2.13. The lowest BCUT2D eigenvalue weighted by atomic mass is 10.0. The fraction of sp³-hybridized carbons (Fsp3) is 0.462. The molecule has 5 heteroatoms. The second-order valence-corrected chi connectivity index (χ2v) is 5.21. The van der Waals surface area contributed by atoms with E-state index in [1.807, 2.05) is 12.1 Å². The van der Waals surface area contributed by atoms with E-state index in [-0.39, 0.29) is 0 Å². The summed E-state index contributed by atoms with van der Waals surface area (Å²) in [6, 6.07) is 3.76. The molecule has 1 aliphatic heterocycles. The number of carboxylic acid groups (broad SMARTS) is 1. The third kappa shape index (κ3) is 2.77. The normalized spacial score (nSPS) is 15.9. The van der Waals surface area contributed by atoms with Gasteiger partial charge in [-0.2, -0.15) is 0 Å². The quantitative estimate of drug-likeness (QED) is 0.932. The second kappa shape index (κ2) is 5.61. The average Bonchev–Trinajstić information content (AvgIpc) is 2.58. The number of carboxylic acids is 1. The van der Waals surface area contributed by atoms with Crippen molar-refractivity contribution in [3.05, 3.63) is 22.2 Å². The van der Waals surface area contributed by atoms with E-state index in [1.54, 1.807) is 6.92 Å². The van der Waals surface area contributed by atoms with E-state index in [9.17, 15) is 4.79 Å². The van der Waals surface area contributed by atoms with Crippen molar-refractivity contribution in [1.29, 1.82) is 0 Å². The molecule has 1 aromatic rings. The Kier molecular flexibility index (Phi) is 4.11. The second-order valence-electron chi connectivity index (χ2n) is 4.36. The Morgan fingerprint density at radius 3 is 2.72 bits per heavy atom. The minimum atomic E-state index is -0.804. The van der Waals surface area contributed by atoms with Crippen LogP contribution in [0.15, 0.2) is 16.6 Å². The average molecular weight is 315 g/mol. The molecule has 0 fully saturated rings. The third-order valence-corrected chi connectivity index (χ3v) is 3.50. The topological polar surface area (TPSA) is 55.8 Å². The fourth-order valence-corrected chi connectivity index (χ4v) is 2.28. The maximum atomic E-state index is 10.9. The van der Waals surface area contributed by atoms with Gasteiger partial charge < -0.3 is 14.6 Å². The van der Waals surface area contributed by atoms with E-state index in [4.69, 9.17) is 14.6 Å². The summed E-state index contributed by atoms with van der Waals surface area (Å²) >= 11 is 3.42. The predicted octanol–water partition coefficient (Wildman–Crippen LogP) is 2.87. The molecule has 0 spiro atoms. The molecule has 0 bridgehead atoms. The number of carbonyl (C=O) groups is 1. The van der Waals surface area contributed by atoms with Crippen molar-refractivity contribution >= 4 is 21.9 Å². The number of halogens is 1. The summed E-state index contributed by atoms with van der Waals surface area (Å²) in [5, 5.41) is 8.98. The van der Waals surface area contributed by atoms with Crippen molar-refractivity contribution in [1.82, 2.24) is 0 Å². The van der Waals surface area contributed by atoms with E-state index in [1.165, 1.54) is 0 Å². The Morgan fingerprint density at radius 1 is 1.39 bits per heavy atom. The summed E-state index contributed by atoms with van der Waals surface area (Å²) in [7, 11) is 0. The minimum absolute atomic E-state index is 0.439. The maximum absolute atomic E-state index is 10.9. The molecule has 4 nitrogen and oxygen atoms in total. The molecule has 1 aromatic carbocycles. The monoisotopic (exact) mass is 314 g/mol. The first-order chi connectivity index (χ1) is 8.59.